The smallest absolute Gasteiger partial charge is 0.126 e. The maximum Gasteiger partial charge on any atom is 0.126 e. The zero-order chi connectivity index (χ0) is 14.7. The van der Waals surface area contributed by atoms with Crippen molar-refractivity contribution in [2.75, 3.05) is 7.05 Å². The Morgan fingerprint density at radius 3 is 2.40 bits per heavy atom. The summed E-state index contributed by atoms with van der Waals surface area (Å²) in [6.07, 6.45) is 0.253. The van der Waals surface area contributed by atoms with Gasteiger partial charge in [-0.3, -0.25) is 0 Å². The maximum atomic E-state index is 13.7. The summed E-state index contributed by atoms with van der Waals surface area (Å²) < 4.78 is 40.3. The van der Waals surface area contributed by atoms with Crippen LogP contribution in [-0.4, -0.2) is 7.05 Å². The zero-order valence-corrected chi connectivity index (χ0v) is 11.4. The average Bonchev–Trinajstić information content (AvgIpc) is 2.38. The van der Waals surface area contributed by atoms with Gasteiger partial charge in [0.2, 0.25) is 0 Å². The summed E-state index contributed by atoms with van der Waals surface area (Å²) in [4.78, 5) is 0. The van der Waals surface area contributed by atoms with E-state index < -0.39 is 11.6 Å². The van der Waals surface area contributed by atoms with Gasteiger partial charge in [0.15, 0.2) is 0 Å². The van der Waals surface area contributed by atoms with Gasteiger partial charge in [-0.1, -0.05) is 6.07 Å². The fourth-order valence-corrected chi connectivity index (χ4v) is 2.27. The normalized spacial score (nSPS) is 12.4. The van der Waals surface area contributed by atoms with Crippen LogP contribution in [0.1, 0.15) is 22.7 Å². The minimum absolute atomic E-state index is 0.253. The van der Waals surface area contributed by atoms with E-state index in [0.717, 1.165) is 17.7 Å². The van der Waals surface area contributed by atoms with Crippen molar-refractivity contribution in [1.82, 2.24) is 5.32 Å². The number of hydrogen-bond acceptors (Lipinski definition) is 1. The summed E-state index contributed by atoms with van der Waals surface area (Å²) in [6.45, 7) is 1.79. The molecule has 0 fully saturated rings. The van der Waals surface area contributed by atoms with E-state index >= 15 is 0 Å². The second-order valence-corrected chi connectivity index (χ2v) is 4.84. The number of nitrogens with one attached hydrogen (secondary N) is 1. The van der Waals surface area contributed by atoms with Crippen LogP contribution >= 0.6 is 0 Å². The monoisotopic (exact) mass is 279 g/mol. The molecule has 0 amide bonds. The van der Waals surface area contributed by atoms with Crippen molar-refractivity contribution in [3.63, 3.8) is 0 Å². The summed E-state index contributed by atoms with van der Waals surface area (Å²) in [5.74, 6) is -1.27. The summed E-state index contributed by atoms with van der Waals surface area (Å²) in [6, 6.07) is 7.76. The van der Waals surface area contributed by atoms with E-state index in [1.165, 1.54) is 18.2 Å². The molecule has 4 heteroatoms. The van der Waals surface area contributed by atoms with Crippen molar-refractivity contribution in [2.24, 2.45) is 0 Å². The molecule has 1 unspecified atom stereocenters. The van der Waals surface area contributed by atoms with Gasteiger partial charge in [-0.2, -0.15) is 0 Å². The van der Waals surface area contributed by atoms with Crippen molar-refractivity contribution in [3.8, 4) is 0 Å². The number of aryl methyl sites for hydroxylation is 1. The first-order valence-corrected chi connectivity index (χ1v) is 6.38. The van der Waals surface area contributed by atoms with Crippen molar-refractivity contribution >= 4 is 0 Å². The van der Waals surface area contributed by atoms with Gasteiger partial charge in [0.25, 0.3) is 0 Å². The minimum Gasteiger partial charge on any atom is -0.313 e. The third-order valence-corrected chi connectivity index (χ3v) is 3.25. The van der Waals surface area contributed by atoms with E-state index in [0.29, 0.717) is 5.56 Å². The Kier molecular flexibility index (Phi) is 4.45. The zero-order valence-electron chi connectivity index (χ0n) is 11.4. The molecule has 0 aromatic heterocycles. The highest BCUT2D eigenvalue weighted by Gasteiger charge is 2.14. The lowest BCUT2D eigenvalue weighted by molar-refractivity contribution is 0.539. The molecule has 1 N–H and O–H groups in total. The highest BCUT2D eigenvalue weighted by atomic mass is 19.1. The molecule has 2 aromatic carbocycles. The minimum atomic E-state index is -0.480. The molecule has 0 spiro atoms. The summed E-state index contributed by atoms with van der Waals surface area (Å²) in [5.41, 5.74) is 1.78. The Bertz CT molecular complexity index is 590. The topological polar surface area (TPSA) is 12.0 Å². The van der Waals surface area contributed by atoms with Gasteiger partial charge >= 0.3 is 0 Å². The first kappa shape index (κ1) is 14.6. The standard InChI is InChI=1S/C16H16F3N/c1-10-5-12(8-14(18)6-10)16(20-2)9-11-7-13(17)3-4-15(11)19/h3-8,16,20H,9H2,1-2H3. The molecule has 0 aliphatic rings. The molecule has 1 atom stereocenters. The lowest BCUT2D eigenvalue weighted by Crippen LogP contribution is -2.19. The van der Waals surface area contributed by atoms with Crippen molar-refractivity contribution in [1.29, 1.82) is 0 Å². The van der Waals surface area contributed by atoms with E-state index in [1.807, 2.05) is 6.07 Å². The molecule has 0 bridgehead atoms. The number of hydrogen-bond donors (Lipinski definition) is 1. The van der Waals surface area contributed by atoms with Crippen LogP contribution in [0.3, 0.4) is 0 Å². The van der Waals surface area contributed by atoms with Crippen LogP contribution in [-0.2, 0) is 6.42 Å². The Morgan fingerprint density at radius 1 is 1.00 bits per heavy atom. The van der Waals surface area contributed by atoms with Crippen molar-refractivity contribution in [2.45, 2.75) is 19.4 Å². The molecule has 0 aliphatic carbocycles. The quantitative estimate of drug-likeness (QED) is 0.894. The first-order chi connectivity index (χ1) is 9.49. The predicted molar refractivity (Wildman–Crippen MR) is 73.0 cm³/mol. The van der Waals surface area contributed by atoms with Gasteiger partial charge in [-0.25, -0.2) is 13.2 Å². The predicted octanol–water partition coefficient (Wildman–Crippen LogP) is 3.92. The summed E-state index contributed by atoms with van der Waals surface area (Å²) in [5, 5.41) is 3.01. The fourth-order valence-electron chi connectivity index (χ4n) is 2.27. The highest BCUT2D eigenvalue weighted by molar-refractivity contribution is 5.29. The van der Waals surface area contributed by atoms with Crippen molar-refractivity contribution in [3.05, 3.63) is 70.5 Å². The van der Waals surface area contributed by atoms with Crippen LogP contribution in [0, 0.1) is 24.4 Å². The maximum absolute atomic E-state index is 13.7. The lowest BCUT2D eigenvalue weighted by Gasteiger charge is -2.18. The van der Waals surface area contributed by atoms with Gasteiger partial charge in [0.05, 0.1) is 0 Å². The Hall–Kier alpha value is -1.81. The molecular formula is C16H16F3N. The van der Waals surface area contributed by atoms with Crippen LogP contribution in [0.4, 0.5) is 13.2 Å². The van der Waals surface area contributed by atoms with E-state index in [2.05, 4.69) is 5.32 Å². The molecule has 106 valence electrons. The molecule has 2 rings (SSSR count). The van der Waals surface area contributed by atoms with Gasteiger partial charge < -0.3 is 5.32 Å². The second kappa shape index (κ2) is 6.09. The SMILES string of the molecule is CNC(Cc1cc(F)ccc1F)c1cc(C)cc(F)c1. The van der Waals surface area contributed by atoms with E-state index in [4.69, 9.17) is 0 Å². The largest absolute Gasteiger partial charge is 0.313 e. The van der Waals surface area contributed by atoms with Crippen molar-refractivity contribution < 1.29 is 13.2 Å². The molecular weight excluding hydrogens is 263 g/mol. The Morgan fingerprint density at radius 2 is 1.75 bits per heavy atom. The molecule has 0 aliphatic heterocycles. The molecule has 0 radical (unpaired) electrons. The lowest BCUT2D eigenvalue weighted by atomic mass is 9.97. The third-order valence-electron chi connectivity index (χ3n) is 3.25. The average molecular weight is 279 g/mol. The first-order valence-electron chi connectivity index (χ1n) is 6.38. The summed E-state index contributed by atoms with van der Waals surface area (Å²) >= 11 is 0. The molecule has 1 nitrogen and oxygen atoms in total. The summed E-state index contributed by atoms with van der Waals surface area (Å²) in [7, 11) is 1.71. The molecule has 0 heterocycles. The van der Waals surface area contributed by atoms with Gasteiger partial charge in [0.1, 0.15) is 17.5 Å². The Labute approximate surface area is 116 Å². The van der Waals surface area contributed by atoms with Crippen LogP contribution in [0.5, 0.6) is 0 Å². The second-order valence-electron chi connectivity index (χ2n) is 4.84. The molecule has 2 aromatic rings. The van der Waals surface area contributed by atoms with Gasteiger partial charge in [-0.15, -0.1) is 0 Å². The highest BCUT2D eigenvalue weighted by Crippen LogP contribution is 2.22. The van der Waals surface area contributed by atoms with Gasteiger partial charge in [0, 0.05) is 6.04 Å². The van der Waals surface area contributed by atoms with E-state index in [9.17, 15) is 13.2 Å². The molecule has 0 saturated carbocycles. The van der Waals surface area contributed by atoms with Crippen LogP contribution in [0.2, 0.25) is 0 Å². The number of benzene rings is 2. The van der Waals surface area contributed by atoms with Gasteiger partial charge in [-0.05, 0) is 67.4 Å². The van der Waals surface area contributed by atoms with E-state index in [-0.39, 0.29) is 23.8 Å². The number of rotatable bonds is 4. The third kappa shape index (κ3) is 3.39. The molecule has 0 saturated heterocycles. The van der Waals surface area contributed by atoms with Crippen LogP contribution in [0.15, 0.2) is 36.4 Å². The molecule has 20 heavy (non-hydrogen) atoms. The fraction of sp³-hybridized carbons (Fsp3) is 0.250. The Balaban J connectivity index is 2.30. The number of halogens is 3. The van der Waals surface area contributed by atoms with Crippen LogP contribution in [0.25, 0.3) is 0 Å². The van der Waals surface area contributed by atoms with E-state index in [1.54, 1.807) is 14.0 Å². The number of likely N-dealkylation sites (N-methyl/N-ethyl adjacent to an activating group) is 1. The van der Waals surface area contributed by atoms with Crippen LogP contribution < -0.4 is 5.32 Å².